The number of amides is 2. The zero-order valence-corrected chi connectivity index (χ0v) is 19.9. The van der Waals surface area contributed by atoms with Crippen molar-refractivity contribution in [1.29, 1.82) is 0 Å². The highest BCUT2D eigenvalue weighted by Crippen LogP contribution is 2.29. The van der Waals surface area contributed by atoms with Crippen molar-refractivity contribution in [2.45, 2.75) is 25.3 Å². The van der Waals surface area contributed by atoms with Gasteiger partial charge >= 0.3 is 11.9 Å². The van der Waals surface area contributed by atoms with E-state index in [1.54, 1.807) is 29.2 Å². The first-order chi connectivity index (χ1) is 16.9. The summed E-state index contributed by atoms with van der Waals surface area (Å²) < 4.78 is 20.3. The topological polar surface area (TPSA) is 120 Å². The van der Waals surface area contributed by atoms with Gasteiger partial charge in [0, 0.05) is 24.7 Å². The molecule has 2 aromatic rings. The van der Waals surface area contributed by atoms with Gasteiger partial charge in [-0.2, -0.15) is 0 Å². The van der Waals surface area contributed by atoms with E-state index >= 15 is 0 Å². The first-order valence-corrected chi connectivity index (χ1v) is 11.0. The van der Waals surface area contributed by atoms with Crippen LogP contribution in [0.25, 0.3) is 0 Å². The Bertz CT molecular complexity index is 1060. The summed E-state index contributed by atoms with van der Waals surface area (Å²) in [6.07, 6.45) is 1.75. The molecule has 1 fully saturated rings. The number of benzene rings is 2. The third kappa shape index (κ3) is 6.95. The SMILES string of the molecule is COC(=O)c1cc(NC(=O)CCN(C(=O)COc2ccccc2OC)C2CC2)cc(C(=O)OC)c1. The second-order valence-electron chi connectivity index (χ2n) is 7.84. The second kappa shape index (κ2) is 11.9. The Balaban J connectivity index is 1.61. The van der Waals surface area contributed by atoms with Gasteiger partial charge in [0.05, 0.1) is 32.5 Å². The van der Waals surface area contributed by atoms with Gasteiger partial charge in [0.2, 0.25) is 5.91 Å². The van der Waals surface area contributed by atoms with E-state index in [0.29, 0.717) is 11.5 Å². The number of anilines is 1. The molecule has 0 saturated heterocycles. The van der Waals surface area contributed by atoms with Crippen molar-refractivity contribution in [3.8, 4) is 11.5 Å². The number of para-hydroxylation sites is 2. The van der Waals surface area contributed by atoms with Gasteiger partial charge in [-0.05, 0) is 43.2 Å². The highest BCUT2D eigenvalue weighted by molar-refractivity contribution is 5.99. The quantitative estimate of drug-likeness (QED) is 0.484. The van der Waals surface area contributed by atoms with Gasteiger partial charge in [-0.25, -0.2) is 9.59 Å². The summed E-state index contributed by atoms with van der Waals surface area (Å²) in [5.74, 6) is -0.945. The number of esters is 2. The molecule has 0 radical (unpaired) electrons. The molecule has 0 aliphatic heterocycles. The van der Waals surface area contributed by atoms with Gasteiger partial charge < -0.3 is 29.2 Å². The van der Waals surface area contributed by atoms with E-state index in [4.69, 9.17) is 18.9 Å². The molecule has 10 heteroatoms. The summed E-state index contributed by atoms with van der Waals surface area (Å²) in [5, 5.41) is 2.67. The van der Waals surface area contributed by atoms with Crippen molar-refractivity contribution >= 4 is 29.4 Å². The molecule has 3 rings (SSSR count). The lowest BCUT2D eigenvalue weighted by Crippen LogP contribution is -2.38. The van der Waals surface area contributed by atoms with Gasteiger partial charge in [-0.15, -0.1) is 0 Å². The molecule has 1 saturated carbocycles. The van der Waals surface area contributed by atoms with Crippen molar-refractivity contribution in [2.24, 2.45) is 0 Å². The number of carbonyl (C=O) groups is 4. The molecule has 1 aliphatic rings. The fraction of sp³-hybridized carbons (Fsp3) is 0.360. The van der Waals surface area contributed by atoms with E-state index in [0.717, 1.165) is 12.8 Å². The van der Waals surface area contributed by atoms with Gasteiger partial charge in [0.15, 0.2) is 18.1 Å². The number of ether oxygens (including phenoxy) is 4. The Morgan fingerprint density at radius 3 is 2.06 bits per heavy atom. The summed E-state index contributed by atoms with van der Waals surface area (Å²) in [6.45, 7) is 0.0212. The predicted octanol–water partition coefficient (Wildman–Crippen LogP) is 2.67. The molecule has 186 valence electrons. The van der Waals surface area contributed by atoms with Crippen LogP contribution in [0, 0.1) is 0 Å². The standard InChI is InChI=1S/C25H28N2O8/c1-32-20-6-4-5-7-21(20)35-15-23(29)27(19-8-9-19)11-10-22(28)26-18-13-16(24(30)33-2)12-17(14-18)25(31)34-3/h4-7,12-14,19H,8-11,15H2,1-3H3,(H,26,28). The van der Waals surface area contributed by atoms with Crippen LogP contribution >= 0.6 is 0 Å². The lowest BCUT2D eigenvalue weighted by atomic mass is 10.1. The maximum atomic E-state index is 12.8. The molecule has 35 heavy (non-hydrogen) atoms. The van der Waals surface area contributed by atoms with Gasteiger partial charge in [-0.1, -0.05) is 12.1 Å². The number of methoxy groups -OCH3 is 3. The molecule has 10 nitrogen and oxygen atoms in total. The van der Waals surface area contributed by atoms with Crippen molar-refractivity contribution in [3.63, 3.8) is 0 Å². The molecule has 2 aromatic carbocycles. The van der Waals surface area contributed by atoms with E-state index in [-0.39, 0.29) is 54.2 Å². The molecule has 1 aliphatic carbocycles. The van der Waals surface area contributed by atoms with E-state index in [1.807, 2.05) is 0 Å². The molecule has 0 spiro atoms. The zero-order chi connectivity index (χ0) is 25.4. The summed E-state index contributed by atoms with van der Waals surface area (Å²) in [4.78, 5) is 50.9. The third-order valence-corrected chi connectivity index (χ3v) is 5.37. The third-order valence-electron chi connectivity index (χ3n) is 5.37. The Hall–Kier alpha value is -4.08. The average molecular weight is 485 g/mol. The molecule has 2 amide bonds. The largest absolute Gasteiger partial charge is 0.493 e. The lowest BCUT2D eigenvalue weighted by Gasteiger charge is -2.22. The minimum atomic E-state index is -0.660. The van der Waals surface area contributed by atoms with E-state index in [9.17, 15) is 19.2 Å². The number of nitrogens with zero attached hydrogens (tertiary/aromatic N) is 1. The number of carbonyl (C=O) groups excluding carboxylic acids is 4. The van der Waals surface area contributed by atoms with Crippen LogP contribution in [0.15, 0.2) is 42.5 Å². The van der Waals surface area contributed by atoms with Crippen LogP contribution in [-0.2, 0) is 19.1 Å². The summed E-state index contributed by atoms with van der Waals surface area (Å²) in [7, 11) is 3.95. The number of hydrogen-bond donors (Lipinski definition) is 1. The second-order valence-corrected chi connectivity index (χ2v) is 7.84. The Labute approximate surface area is 203 Å². The van der Waals surface area contributed by atoms with Crippen LogP contribution in [0.5, 0.6) is 11.5 Å². The monoisotopic (exact) mass is 484 g/mol. The normalized spacial score (nSPS) is 12.3. The van der Waals surface area contributed by atoms with Crippen LogP contribution < -0.4 is 14.8 Å². The Kier molecular flexibility index (Phi) is 8.66. The van der Waals surface area contributed by atoms with Gasteiger partial charge in [0.1, 0.15) is 0 Å². The minimum absolute atomic E-state index is 0.0207. The van der Waals surface area contributed by atoms with Crippen molar-refractivity contribution in [3.05, 3.63) is 53.6 Å². The van der Waals surface area contributed by atoms with Gasteiger partial charge in [0.25, 0.3) is 5.91 Å². The average Bonchev–Trinajstić information content (AvgIpc) is 3.71. The molecule has 0 heterocycles. The van der Waals surface area contributed by atoms with Crippen LogP contribution in [0.1, 0.15) is 40.0 Å². The zero-order valence-electron chi connectivity index (χ0n) is 19.9. The van der Waals surface area contributed by atoms with Crippen LogP contribution in [0.2, 0.25) is 0 Å². The summed E-state index contributed by atoms with van der Waals surface area (Å²) in [5.41, 5.74) is 0.421. The van der Waals surface area contributed by atoms with Gasteiger partial charge in [-0.3, -0.25) is 9.59 Å². The maximum absolute atomic E-state index is 12.8. The van der Waals surface area contributed by atoms with Crippen LogP contribution in [-0.4, -0.2) is 69.2 Å². The van der Waals surface area contributed by atoms with E-state index in [1.165, 1.54) is 39.5 Å². The number of hydrogen-bond acceptors (Lipinski definition) is 8. The molecular weight excluding hydrogens is 456 g/mol. The van der Waals surface area contributed by atoms with Crippen LogP contribution in [0.3, 0.4) is 0 Å². The number of nitrogens with one attached hydrogen (secondary N) is 1. The maximum Gasteiger partial charge on any atom is 0.337 e. The highest BCUT2D eigenvalue weighted by Gasteiger charge is 2.33. The fourth-order valence-corrected chi connectivity index (χ4v) is 3.47. The predicted molar refractivity (Wildman–Crippen MR) is 126 cm³/mol. The van der Waals surface area contributed by atoms with Crippen molar-refractivity contribution < 1.29 is 38.1 Å². The van der Waals surface area contributed by atoms with E-state index < -0.39 is 11.9 Å². The lowest BCUT2D eigenvalue weighted by molar-refractivity contribution is -0.134. The smallest absolute Gasteiger partial charge is 0.337 e. The van der Waals surface area contributed by atoms with E-state index in [2.05, 4.69) is 5.32 Å². The highest BCUT2D eigenvalue weighted by atomic mass is 16.5. The summed E-state index contributed by atoms with van der Waals surface area (Å²) >= 11 is 0. The Morgan fingerprint density at radius 2 is 1.51 bits per heavy atom. The summed E-state index contributed by atoms with van der Waals surface area (Å²) in [6, 6.07) is 11.2. The number of rotatable bonds is 11. The van der Waals surface area contributed by atoms with Crippen LogP contribution in [0.4, 0.5) is 5.69 Å². The molecule has 0 aromatic heterocycles. The molecule has 0 bridgehead atoms. The first kappa shape index (κ1) is 25.5. The van der Waals surface area contributed by atoms with Crippen molar-refractivity contribution in [1.82, 2.24) is 4.90 Å². The fourth-order valence-electron chi connectivity index (χ4n) is 3.47. The molecule has 1 N–H and O–H groups in total. The molecular formula is C25H28N2O8. The minimum Gasteiger partial charge on any atom is -0.493 e. The van der Waals surface area contributed by atoms with Crippen molar-refractivity contribution in [2.75, 3.05) is 39.8 Å². The molecule has 0 atom stereocenters. The Morgan fingerprint density at radius 1 is 0.914 bits per heavy atom. The first-order valence-electron chi connectivity index (χ1n) is 11.0. The molecule has 0 unspecified atom stereocenters.